The quantitative estimate of drug-likeness (QED) is 0.733. The molecule has 20 heavy (non-hydrogen) atoms. The van der Waals surface area contributed by atoms with Gasteiger partial charge in [-0.25, -0.2) is 0 Å². The lowest BCUT2D eigenvalue weighted by atomic mass is 9.95. The minimum atomic E-state index is 0.403. The lowest BCUT2D eigenvalue weighted by molar-refractivity contribution is 0.530. The molecule has 1 unspecified atom stereocenters. The Morgan fingerprint density at radius 3 is 2.75 bits per heavy atom. The minimum Gasteiger partial charge on any atom is -0.310 e. The topological polar surface area (TPSA) is 12.0 Å². The molecule has 0 bridgehead atoms. The zero-order valence-electron chi connectivity index (χ0n) is 12.4. The van der Waals surface area contributed by atoms with Crippen molar-refractivity contribution in [2.45, 2.75) is 39.7 Å². The van der Waals surface area contributed by atoms with Crippen molar-refractivity contribution >= 4 is 27.3 Å². The normalized spacial score (nSPS) is 12.6. The SMILES string of the molecule is CCCNC(Cc1cc(Br)cs1)c1cccc(C)c1C. The number of hydrogen-bond acceptors (Lipinski definition) is 2. The highest BCUT2D eigenvalue weighted by molar-refractivity contribution is 9.10. The number of nitrogens with one attached hydrogen (secondary N) is 1. The molecule has 0 fully saturated rings. The second-order valence-corrected chi connectivity index (χ2v) is 7.14. The van der Waals surface area contributed by atoms with Crippen LogP contribution in [0, 0.1) is 13.8 Å². The van der Waals surface area contributed by atoms with Crippen LogP contribution in [0.25, 0.3) is 0 Å². The van der Waals surface area contributed by atoms with Gasteiger partial charge in [0.2, 0.25) is 0 Å². The highest BCUT2D eigenvalue weighted by Gasteiger charge is 2.15. The smallest absolute Gasteiger partial charge is 0.0371 e. The monoisotopic (exact) mass is 351 g/mol. The van der Waals surface area contributed by atoms with Crippen molar-refractivity contribution in [2.24, 2.45) is 0 Å². The van der Waals surface area contributed by atoms with Crippen LogP contribution < -0.4 is 5.32 Å². The Bertz CT molecular complexity index is 562. The van der Waals surface area contributed by atoms with Gasteiger partial charge in [-0.3, -0.25) is 0 Å². The van der Waals surface area contributed by atoms with Crippen molar-refractivity contribution in [1.82, 2.24) is 5.32 Å². The number of thiophene rings is 1. The van der Waals surface area contributed by atoms with Crippen molar-refractivity contribution in [3.8, 4) is 0 Å². The van der Waals surface area contributed by atoms with Crippen LogP contribution in [-0.4, -0.2) is 6.54 Å². The van der Waals surface area contributed by atoms with Gasteiger partial charge in [-0.05, 0) is 65.5 Å². The molecule has 0 saturated carbocycles. The summed E-state index contributed by atoms with van der Waals surface area (Å²) in [5.74, 6) is 0. The van der Waals surface area contributed by atoms with Crippen LogP contribution in [0.4, 0.5) is 0 Å². The fraction of sp³-hybridized carbons (Fsp3) is 0.412. The van der Waals surface area contributed by atoms with Crippen molar-refractivity contribution in [3.05, 3.63) is 55.7 Å². The van der Waals surface area contributed by atoms with E-state index < -0.39 is 0 Å². The van der Waals surface area contributed by atoms with Crippen LogP contribution >= 0.6 is 27.3 Å². The van der Waals surface area contributed by atoms with Gasteiger partial charge >= 0.3 is 0 Å². The molecule has 1 heterocycles. The first-order valence-electron chi connectivity index (χ1n) is 7.14. The summed E-state index contributed by atoms with van der Waals surface area (Å²) in [4.78, 5) is 1.42. The molecule has 3 heteroatoms. The summed E-state index contributed by atoms with van der Waals surface area (Å²) in [6.07, 6.45) is 2.22. The molecule has 2 rings (SSSR count). The van der Waals surface area contributed by atoms with E-state index in [2.05, 4.69) is 71.7 Å². The lowest BCUT2D eigenvalue weighted by Gasteiger charge is -2.21. The molecular formula is C17H22BrNS. The van der Waals surface area contributed by atoms with Crippen molar-refractivity contribution in [2.75, 3.05) is 6.54 Å². The molecule has 2 aromatic rings. The predicted octanol–water partition coefficient (Wildman–Crippen LogP) is 5.41. The van der Waals surface area contributed by atoms with E-state index in [0.29, 0.717) is 6.04 Å². The van der Waals surface area contributed by atoms with Gasteiger partial charge in [0.1, 0.15) is 0 Å². The highest BCUT2D eigenvalue weighted by Crippen LogP contribution is 2.28. The summed E-state index contributed by atoms with van der Waals surface area (Å²) in [6.45, 7) is 7.70. The third-order valence-electron chi connectivity index (χ3n) is 3.69. The van der Waals surface area contributed by atoms with Crippen LogP contribution in [0.5, 0.6) is 0 Å². The molecule has 0 spiro atoms. The molecule has 1 nitrogen and oxygen atoms in total. The maximum atomic E-state index is 3.70. The van der Waals surface area contributed by atoms with Gasteiger partial charge in [0.05, 0.1) is 0 Å². The van der Waals surface area contributed by atoms with Crippen LogP contribution in [0.2, 0.25) is 0 Å². The minimum absolute atomic E-state index is 0.403. The van der Waals surface area contributed by atoms with Gasteiger partial charge in [0.15, 0.2) is 0 Å². The van der Waals surface area contributed by atoms with Crippen molar-refractivity contribution in [3.63, 3.8) is 0 Å². The van der Waals surface area contributed by atoms with Gasteiger partial charge in [-0.15, -0.1) is 11.3 Å². The number of aryl methyl sites for hydroxylation is 1. The summed E-state index contributed by atoms with van der Waals surface area (Å²) in [5.41, 5.74) is 4.22. The Morgan fingerprint density at radius 1 is 1.30 bits per heavy atom. The van der Waals surface area contributed by atoms with Crippen molar-refractivity contribution < 1.29 is 0 Å². The number of halogens is 1. The van der Waals surface area contributed by atoms with Crippen LogP contribution in [0.15, 0.2) is 34.1 Å². The first kappa shape index (κ1) is 15.7. The van der Waals surface area contributed by atoms with E-state index in [1.807, 2.05) is 11.3 Å². The lowest BCUT2D eigenvalue weighted by Crippen LogP contribution is -2.24. The summed E-state index contributed by atoms with van der Waals surface area (Å²) in [7, 11) is 0. The number of rotatable bonds is 6. The fourth-order valence-electron chi connectivity index (χ4n) is 2.42. The molecule has 0 aliphatic heterocycles. The van der Waals surface area contributed by atoms with E-state index in [9.17, 15) is 0 Å². The highest BCUT2D eigenvalue weighted by atomic mass is 79.9. The van der Waals surface area contributed by atoms with E-state index in [0.717, 1.165) is 19.4 Å². The van der Waals surface area contributed by atoms with Crippen LogP contribution in [0.1, 0.15) is 41.0 Å². The average molecular weight is 352 g/mol. The Labute approximate surface area is 134 Å². The van der Waals surface area contributed by atoms with Gasteiger partial charge in [-0.2, -0.15) is 0 Å². The van der Waals surface area contributed by atoms with Gasteiger partial charge < -0.3 is 5.32 Å². The molecule has 1 atom stereocenters. The summed E-state index contributed by atoms with van der Waals surface area (Å²) >= 11 is 5.38. The molecule has 0 aliphatic carbocycles. The molecular weight excluding hydrogens is 330 g/mol. The average Bonchev–Trinajstić information content (AvgIpc) is 2.83. The Balaban J connectivity index is 2.24. The fourth-order valence-corrected chi connectivity index (χ4v) is 3.92. The molecule has 0 amide bonds. The number of hydrogen-bond donors (Lipinski definition) is 1. The molecule has 1 N–H and O–H groups in total. The molecule has 1 aromatic carbocycles. The number of benzene rings is 1. The molecule has 0 aliphatic rings. The van der Waals surface area contributed by atoms with E-state index in [-0.39, 0.29) is 0 Å². The van der Waals surface area contributed by atoms with E-state index in [1.54, 1.807) is 0 Å². The third kappa shape index (κ3) is 3.94. The largest absolute Gasteiger partial charge is 0.310 e. The molecule has 108 valence electrons. The maximum absolute atomic E-state index is 3.70. The zero-order valence-corrected chi connectivity index (χ0v) is 14.8. The Morgan fingerprint density at radius 2 is 2.10 bits per heavy atom. The second-order valence-electron chi connectivity index (χ2n) is 5.23. The summed E-state index contributed by atoms with van der Waals surface area (Å²) in [6, 6.07) is 9.26. The van der Waals surface area contributed by atoms with Crippen molar-refractivity contribution in [1.29, 1.82) is 0 Å². The van der Waals surface area contributed by atoms with Gasteiger partial charge in [0.25, 0.3) is 0 Å². The van der Waals surface area contributed by atoms with Gasteiger partial charge in [0, 0.05) is 27.2 Å². The van der Waals surface area contributed by atoms with Gasteiger partial charge in [-0.1, -0.05) is 25.1 Å². The standard InChI is InChI=1S/C17H22BrNS/c1-4-8-19-17(10-15-9-14(18)11-20-15)16-7-5-6-12(2)13(16)3/h5-7,9,11,17,19H,4,8,10H2,1-3H3. The Hall–Kier alpha value is -0.640. The molecule has 0 radical (unpaired) electrons. The first-order valence-corrected chi connectivity index (χ1v) is 8.81. The summed E-state index contributed by atoms with van der Waals surface area (Å²) < 4.78 is 1.19. The molecule has 0 saturated heterocycles. The van der Waals surface area contributed by atoms with E-state index in [4.69, 9.17) is 0 Å². The van der Waals surface area contributed by atoms with Crippen LogP contribution in [0.3, 0.4) is 0 Å². The summed E-state index contributed by atoms with van der Waals surface area (Å²) in [5, 5.41) is 5.86. The zero-order chi connectivity index (χ0) is 14.5. The van der Waals surface area contributed by atoms with E-state index >= 15 is 0 Å². The Kier molecular flexibility index (Phi) is 5.82. The van der Waals surface area contributed by atoms with E-state index in [1.165, 1.54) is 26.0 Å². The molecule has 1 aromatic heterocycles. The predicted molar refractivity (Wildman–Crippen MR) is 92.7 cm³/mol. The first-order chi connectivity index (χ1) is 9.61. The maximum Gasteiger partial charge on any atom is 0.0371 e. The second kappa shape index (κ2) is 7.39. The van der Waals surface area contributed by atoms with Crippen LogP contribution in [-0.2, 0) is 6.42 Å². The third-order valence-corrected chi connectivity index (χ3v) is 5.41.